The highest BCUT2D eigenvalue weighted by atomic mass is 15.3. The number of hydrogen-bond acceptors (Lipinski definition) is 13. The van der Waals surface area contributed by atoms with Crippen LogP contribution in [0.5, 0.6) is 0 Å². The molecule has 0 bridgehead atoms. The highest BCUT2D eigenvalue weighted by molar-refractivity contribution is 5.85. The summed E-state index contributed by atoms with van der Waals surface area (Å²) < 4.78 is 12.7. The quantitative estimate of drug-likeness (QED) is 0.153. The third-order valence-electron chi connectivity index (χ3n) is 15.9. The van der Waals surface area contributed by atoms with Crippen molar-refractivity contribution in [2.75, 3.05) is 0 Å². The van der Waals surface area contributed by atoms with Crippen LogP contribution in [0.25, 0.3) is 66.2 Å². The van der Waals surface area contributed by atoms with Crippen LogP contribution in [0.15, 0.2) is 30.3 Å². The van der Waals surface area contributed by atoms with E-state index in [1.165, 1.54) is 38.4 Å². The Kier molecular flexibility index (Phi) is 21.4. The van der Waals surface area contributed by atoms with Gasteiger partial charge in [0.15, 0.2) is 11.3 Å². The van der Waals surface area contributed by atoms with Gasteiger partial charge in [0, 0.05) is 82.2 Å². The van der Waals surface area contributed by atoms with E-state index in [0.717, 1.165) is 131 Å². The maximum Gasteiger partial charge on any atom is 0.160 e. The molecule has 0 amide bonds. The van der Waals surface area contributed by atoms with E-state index in [9.17, 15) is 0 Å². The largest absolute Gasteiger partial charge is 0.326 e. The Hall–Kier alpha value is -8.35. The molecule has 0 spiro atoms. The van der Waals surface area contributed by atoms with Crippen LogP contribution < -0.4 is 0 Å². The molecule has 12 aromatic heterocycles. The molecule has 480 valence electrons. The summed E-state index contributed by atoms with van der Waals surface area (Å²) in [7, 11) is 1.94. The third-order valence-corrected chi connectivity index (χ3v) is 15.9. The van der Waals surface area contributed by atoms with Gasteiger partial charge < -0.3 is 13.7 Å². The fourth-order valence-corrected chi connectivity index (χ4v) is 12.5. The summed E-state index contributed by atoms with van der Waals surface area (Å²) in [4.78, 5) is 45.1. The van der Waals surface area contributed by atoms with Crippen LogP contribution in [0.3, 0.4) is 0 Å². The number of imidazole rings is 3. The molecule has 0 saturated heterocycles. The molecule has 19 heteroatoms. The van der Waals surface area contributed by atoms with Gasteiger partial charge in [-0.3, -0.25) is 24.3 Å². The smallest absolute Gasteiger partial charge is 0.160 e. The van der Waals surface area contributed by atoms with E-state index in [1.807, 2.05) is 99.5 Å². The van der Waals surface area contributed by atoms with Gasteiger partial charge in [0.1, 0.15) is 50.9 Å². The summed E-state index contributed by atoms with van der Waals surface area (Å²) in [5, 5.41) is 16.0. The first-order valence-electron chi connectivity index (χ1n) is 31.8. The Balaban J connectivity index is 0.000000154. The van der Waals surface area contributed by atoms with Crippen LogP contribution in [-0.4, -0.2) is 92.9 Å². The van der Waals surface area contributed by atoms with E-state index in [0.29, 0.717) is 36.1 Å². The van der Waals surface area contributed by atoms with Crippen LogP contribution in [-0.2, 0) is 7.05 Å². The molecule has 0 aliphatic heterocycles. The minimum atomic E-state index is 0.356. The zero-order chi connectivity index (χ0) is 67.0. The molecular formula is C71H101N19. The number of aryl methyl sites for hydroxylation is 18. The van der Waals surface area contributed by atoms with Gasteiger partial charge in [-0.15, -0.1) is 0 Å². The van der Waals surface area contributed by atoms with Gasteiger partial charge in [0.25, 0.3) is 0 Å². The Morgan fingerprint density at radius 1 is 0.311 bits per heavy atom. The Labute approximate surface area is 533 Å². The zero-order valence-electron chi connectivity index (χ0n) is 59.8. The maximum atomic E-state index is 4.58. The molecule has 0 fully saturated rings. The molecule has 0 radical (unpaired) electrons. The lowest BCUT2D eigenvalue weighted by Crippen LogP contribution is -2.04. The van der Waals surface area contributed by atoms with Crippen molar-refractivity contribution < 1.29 is 0 Å². The number of nitrogens with zero attached hydrogens (tertiary/aromatic N) is 19. The molecule has 0 aliphatic carbocycles. The Bertz CT molecular complexity index is 4060. The number of hydrogen-bond donors (Lipinski definition) is 0. The predicted molar refractivity (Wildman–Crippen MR) is 370 cm³/mol. The van der Waals surface area contributed by atoms with Crippen LogP contribution in [0, 0.1) is 118 Å². The second-order valence-electron chi connectivity index (χ2n) is 26.0. The molecule has 0 atom stereocenters. The van der Waals surface area contributed by atoms with E-state index < -0.39 is 0 Å². The maximum absolute atomic E-state index is 4.58. The fraction of sp³-hybridized carbons (Fsp3) is 0.507. The van der Waals surface area contributed by atoms with Gasteiger partial charge >= 0.3 is 0 Å². The number of aromatic nitrogens is 19. The Morgan fingerprint density at radius 3 is 1.20 bits per heavy atom. The molecule has 0 aromatic carbocycles. The van der Waals surface area contributed by atoms with Crippen molar-refractivity contribution in [2.45, 2.75) is 237 Å². The molecule has 19 nitrogen and oxygen atoms in total. The average Bonchev–Trinajstić information content (AvgIpc) is 1.74. The van der Waals surface area contributed by atoms with Gasteiger partial charge in [-0.1, -0.05) is 13.8 Å². The normalized spacial score (nSPS) is 11.6. The van der Waals surface area contributed by atoms with Crippen molar-refractivity contribution in [3.05, 3.63) is 133 Å². The molecule has 0 aliphatic rings. The van der Waals surface area contributed by atoms with E-state index in [1.54, 1.807) is 0 Å². The van der Waals surface area contributed by atoms with Crippen molar-refractivity contribution >= 4 is 66.2 Å². The van der Waals surface area contributed by atoms with Crippen molar-refractivity contribution in [1.82, 2.24) is 92.9 Å². The van der Waals surface area contributed by atoms with Crippen molar-refractivity contribution in [2.24, 2.45) is 7.05 Å². The summed E-state index contributed by atoms with van der Waals surface area (Å²) in [5.41, 5.74) is 25.9. The predicted octanol–water partition coefficient (Wildman–Crippen LogP) is 16.8. The third kappa shape index (κ3) is 14.6. The molecule has 0 unspecified atom stereocenters. The van der Waals surface area contributed by atoms with Gasteiger partial charge in [0.05, 0.1) is 50.7 Å². The van der Waals surface area contributed by atoms with E-state index in [4.69, 9.17) is 0 Å². The first-order chi connectivity index (χ1) is 42.0. The summed E-state index contributed by atoms with van der Waals surface area (Å²) in [6, 6.07) is 12.6. The van der Waals surface area contributed by atoms with E-state index in [2.05, 4.69) is 232 Å². The van der Waals surface area contributed by atoms with E-state index >= 15 is 0 Å². The molecule has 12 aromatic rings. The monoisotopic (exact) mass is 1220 g/mol. The molecule has 0 saturated carbocycles. The molecule has 12 heterocycles. The second kappa shape index (κ2) is 27.8. The van der Waals surface area contributed by atoms with Crippen molar-refractivity contribution in [1.29, 1.82) is 0 Å². The van der Waals surface area contributed by atoms with Crippen LogP contribution in [0.1, 0.15) is 222 Å². The topological polar surface area (TPSA) is 197 Å². The number of fused-ring (bicyclic) bond motifs is 6. The van der Waals surface area contributed by atoms with Crippen LogP contribution in [0.4, 0.5) is 0 Å². The van der Waals surface area contributed by atoms with Gasteiger partial charge in [-0.2, -0.15) is 15.3 Å². The number of pyridine rings is 5. The molecule has 0 N–H and O–H groups in total. The van der Waals surface area contributed by atoms with Crippen LogP contribution >= 0.6 is 0 Å². The van der Waals surface area contributed by atoms with E-state index in [-0.39, 0.29) is 0 Å². The highest BCUT2D eigenvalue weighted by Gasteiger charge is 2.19. The summed E-state index contributed by atoms with van der Waals surface area (Å²) in [6.07, 6.45) is 0. The summed E-state index contributed by atoms with van der Waals surface area (Å²) in [5.74, 6) is 4.38. The first-order valence-corrected chi connectivity index (χ1v) is 31.8. The standard InChI is InChI=1S/5C12H17N3.C11H16N4/c2*1-7(2)15-10(5)14-12-9(4)13-8(3)6-11(12)15;1-7(2)15-11-6-8(3)13-9(4)12(11)10(5)14-15;1-7(2)15-10(5)14-11-8(3)6-9(4)13-12(11)15;1-7(2)15-12-11(10(5)14-15)8(3)6-9(4)13-12;1-6(2)9-10-11(15(5)14-9)7(3)12-8(4)13-10/h5*6-7H,1-5H3;6H,1-5H3. The van der Waals surface area contributed by atoms with Crippen LogP contribution in [0.2, 0.25) is 0 Å². The fourth-order valence-electron chi connectivity index (χ4n) is 12.5. The van der Waals surface area contributed by atoms with Gasteiger partial charge in [-0.05, 0) is 234 Å². The number of rotatable bonds is 6. The lowest BCUT2D eigenvalue weighted by molar-refractivity contribution is 0.542. The van der Waals surface area contributed by atoms with Gasteiger partial charge in [0.2, 0.25) is 0 Å². The lowest BCUT2D eigenvalue weighted by atomic mass is 10.1. The minimum absolute atomic E-state index is 0.356. The zero-order valence-corrected chi connectivity index (χ0v) is 59.8. The van der Waals surface area contributed by atoms with Crippen molar-refractivity contribution in [3.8, 4) is 0 Å². The average molecular weight is 1220 g/mol. The molecule has 12 rings (SSSR count). The minimum Gasteiger partial charge on any atom is -0.326 e. The molecule has 90 heavy (non-hydrogen) atoms. The second-order valence-corrected chi connectivity index (χ2v) is 26.0. The molecular weight excluding hydrogens is 1120 g/mol. The first kappa shape index (κ1) is 69.1. The SMILES string of the molecule is Cc1cc(C)c2c(C)nn(C(C)C)c2n1.Cc1cc(C)c2nc(C)n(C(C)C)c2n1.Cc1cc2c(c(C)n1)c(C)nn2C(C)C.Cc1cc2c(nc(C)n2C(C)C)c(C)n1.Cc1cc2c(nc(C)n2C(C)C)c(C)n1.Cc1nc(C)c2c(n1)c(C(C)C)nn2C. The summed E-state index contributed by atoms with van der Waals surface area (Å²) >= 11 is 0. The van der Waals surface area contributed by atoms with Crippen molar-refractivity contribution in [3.63, 3.8) is 0 Å². The highest BCUT2D eigenvalue weighted by Crippen LogP contribution is 2.29. The lowest BCUT2D eigenvalue weighted by Gasteiger charge is -2.10. The summed E-state index contributed by atoms with van der Waals surface area (Å²) in [6.45, 7) is 60.5. The van der Waals surface area contributed by atoms with Gasteiger partial charge in [-0.25, -0.2) is 39.6 Å². The Morgan fingerprint density at radius 2 is 0.722 bits per heavy atom.